The molecule has 0 aliphatic rings. The van der Waals surface area contributed by atoms with Crippen LogP contribution in [-0.2, 0) is 0 Å². The lowest BCUT2D eigenvalue weighted by molar-refractivity contribution is -0.596. The summed E-state index contributed by atoms with van der Waals surface area (Å²) in [5.41, 5.74) is 1.58. The second kappa shape index (κ2) is 5.57. The SMILES string of the molecule is O=[N+]([O-])c1ccc(-c2c[n+]([O-])c(-c3ccccc3)nn2)cc1. The van der Waals surface area contributed by atoms with Gasteiger partial charge in [0.1, 0.15) is 6.20 Å². The monoisotopic (exact) mass is 294 g/mol. The van der Waals surface area contributed by atoms with Crippen molar-refractivity contribution in [3.63, 3.8) is 0 Å². The van der Waals surface area contributed by atoms with Gasteiger partial charge in [0.05, 0.1) is 15.6 Å². The standard InChI is InChI=1S/C15H10N4O3/c20-18-10-14(11-6-8-13(9-7-11)19(21)22)16-17-15(18)12-4-2-1-3-5-12/h1-10H. The van der Waals surface area contributed by atoms with Crippen LogP contribution < -0.4 is 4.73 Å². The Morgan fingerprint density at radius 3 is 2.18 bits per heavy atom. The third kappa shape index (κ3) is 2.59. The van der Waals surface area contributed by atoms with Crippen LogP contribution in [0.3, 0.4) is 0 Å². The molecule has 0 saturated carbocycles. The second-order valence-corrected chi connectivity index (χ2v) is 4.53. The Balaban J connectivity index is 1.96. The van der Waals surface area contributed by atoms with Crippen molar-refractivity contribution in [2.45, 2.75) is 0 Å². The Morgan fingerprint density at radius 1 is 0.909 bits per heavy atom. The molecule has 0 saturated heterocycles. The van der Waals surface area contributed by atoms with E-state index in [1.807, 2.05) is 6.07 Å². The lowest BCUT2D eigenvalue weighted by Crippen LogP contribution is -2.31. The summed E-state index contributed by atoms with van der Waals surface area (Å²) >= 11 is 0. The summed E-state index contributed by atoms with van der Waals surface area (Å²) in [5.74, 6) is 0.200. The van der Waals surface area contributed by atoms with E-state index in [9.17, 15) is 15.3 Å². The van der Waals surface area contributed by atoms with Gasteiger partial charge in [-0.2, -0.15) is 0 Å². The molecule has 0 spiro atoms. The summed E-state index contributed by atoms with van der Waals surface area (Å²) in [6.07, 6.45) is 1.30. The van der Waals surface area contributed by atoms with Gasteiger partial charge in [-0.15, -0.1) is 0 Å². The Labute approximate surface area is 125 Å². The maximum Gasteiger partial charge on any atom is 0.360 e. The van der Waals surface area contributed by atoms with Gasteiger partial charge in [-0.25, -0.2) is 4.73 Å². The van der Waals surface area contributed by atoms with E-state index in [1.165, 1.54) is 30.5 Å². The van der Waals surface area contributed by atoms with Crippen molar-refractivity contribution in [2.75, 3.05) is 0 Å². The topological polar surface area (TPSA) is 95.9 Å². The molecule has 0 unspecified atom stereocenters. The molecule has 0 radical (unpaired) electrons. The first-order valence-corrected chi connectivity index (χ1v) is 6.42. The molecule has 7 heteroatoms. The quantitative estimate of drug-likeness (QED) is 0.320. The van der Waals surface area contributed by atoms with Crippen LogP contribution in [0, 0.1) is 15.3 Å². The molecule has 108 valence electrons. The lowest BCUT2D eigenvalue weighted by atomic mass is 10.1. The fourth-order valence-corrected chi connectivity index (χ4v) is 2.00. The smallest absolute Gasteiger partial charge is 0.360 e. The first kappa shape index (κ1) is 13.6. The Kier molecular flexibility index (Phi) is 3.45. The van der Waals surface area contributed by atoms with Crippen LogP contribution in [0.4, 0.5) is 5.69 Å². The van der Waals surface area contributed by atoms with Gasteiger partial charge < -0.3 is 5.21 Å². The summed E-state index contributed by atoms with van der Waals surface area (Å²) in [5, 5.41) is 30.7. The molecule has 3 aromatic rings. The molecular formula is C15H10N4O3. The van der Waals surface area contributed by atoms with Crippen molar-refractivity contribution < 1.29 is 9.65 Å². The van der Waals surface area contributed by atoms with Crippen LogP contribution in [-0.4, -0.2) is 15.1 Å². The molecule has 3 rings (SSSR count). The molecule has 7 nitrogen and oxygen atoms in total. The van der Waals surface area contributed by atoms with E-state index < -0.39 is 4.92 Å². The minimum Gasteiger partial charge on any atom is -0.710 e. The highest BCUT2D eigenvalue weighted by atomic mass is 16.6. The second-order valence-electron chi connectivity index (χ2n) is 4.53. The number of aromatic nitrogens is 3. The van der Waals surface area contributed by atoms with E-state index in [1.54, 1.807) is 24.3 Å². The van der Waals surface area contributed by atoms with Crippen molar-refractivity contribution in [1.82, 2.24) is 10.2 Å². The van der Waals surface area contributed by atoms with E-state index >= 15 is 0 Å². The molecule has 0 fully saturated rings. The molecule has 0 bridgehead atoms. The van der Waals surface area contributed by atoms with E-state index in [0.29, 0.717) is 21.6 Å². The fourth-order valence-electron chi connectivity index (χ4n) is 2.00. The van der Waals surface area contributed by atoms with Crippen LogP contribution in [0.25, 0.3) is 22.6 Å². The van der Waals surface area contributed by atoms with Crippen LogP contribution in [0.1, 0.15) is 0 Å². The molecule has 1 heterocycles. The minimum atomic E-state index is -0.484. The summed E-state index contributed by atoms with van der Waals surface area (Å²) in [7, 11) is 0. The zero-order chi connectivity index (χ0) is 15.5. The maximum atomic E-state index is 12.1. The molecular weight excluding hydrogens is 284 g/mol. The lowest BCUT2D eigenvalue weighted by Gasteiger charge is -2.06. The molecule has 1 aromatic heterocycles. The summed E-state index contributed by atoms with van der Waals surface area (Å²) in [4.78, 5) is 10.1. The van der Waals surface area contributed by atoms with Gasteiger partial charge in [0, 0.05) is 17.7 Å². The van der Waals surface area contributed by atoms with Gasteiger partial charge in [-0.1, -0.05) is 18.2 Å². The Hall–Kier alpha value is -3.35. The third-order valence-corrected chi connectivity index (χ3v) is 3.11. The predicted molar refractivity (Wildman–Crippen MR) is 78.5 cm³/mol. The number of non-ortho nitro benzene ring substituents is 1. The first-order valence-electron chi connectivity index (χ1n) is 6.42. The fraction of sp³-hybridized carbons (Fsp3) is 0. The zero-order valence-corrected chi connectivity index (χ0v) is 11.3. The maximum absolute atomic E-state index is 12.1. The normalized spacial score (nSPS) is 10.4. The molecule has 0 aliphatic heterocycles. The van der Waals surface area contributed by atoms with Crippen molar-refractivity contribution >= 4 is 5.69 Å². The molecule has 0 amide bonds. The number of benzene rings is 2. The van der Waals surface area contributed by atoms with Gasteiger partial charge in [0.15, 0.2) is 5.69 Å². The largest absolute Gasteiger partial charge is 0.710 e. The zero-order valence-electron chi connectivity index (χ0n) is 11.3. The summed E-state index contributed by atoms with van der Waals surface area (Å²) in [6, 6.07) is 14.8. The van der Waals surface area contributed by atoms with Gasteiger partial charge >= 0.3 is 5.82 Å². The Bertz CT molecular complexity index is 820. The highest BCUT2D eigenvalue weighted by Gasteiger charge is 2.15. The van der Waals surface area contributed by atoms with Crippen LogP contribution in [0.5, 0.6) is 0 Å². The van der Waals surface area contributed by atoms with Crippen LogP contribution >= 0.6 is 0 Å². The summed E-state index contributed by atoms with van der Waals surface area (Å²) in [6.45, 7) is 0. The number of nitrogens with zero attached hydrogens (tertiary/aromatic N) is 4. The van der Waals surface area contributed by atoms with Crippen molar-refractivity contribution in [2.24, 2.45) is 0 Å². The third-order valence-electron chi connectivity index (χ3n) is 3.11. The van der Waals surface area contributed by atoms with Gasteiger partial charge in [0.25, 0.3) is 5.69 Å². The first-order chi connectivity index (χ1) is 10.6. The number of nitro benzene ring substituents is 1. The molecule has 0 aliphatic carbocycles. The van der Waals surface area contributed by atoms with E-state index in [4.69, 9.17) is 0 Å². The van der Waals surface area contributed by atoms with Crippen LogP contribution in [0.15, 0.2) is 60.8 Å². The highest BCUT2D eigenvalue weighted by Crippen LogP contribution is 2.20. The van der Waals surface area contributed by atoms with Gasteiger partial charge in [-0.05, 0) is 29.4 Å². The molecule has 0 N–H and O–H groups in total. The van der Waals surface area contributed by atoms with Gasteiger partial charge in [0.2, 0.25) is 0 Å². The van der Waals surface area contributed by atoms with Gasteiger partial charge in [-0.3, -0.25) is 10.1 Å². The average molecular weight is 294 g/mol. The Morgan fingerprint density at radius 2 is 1.59 bits per heavy atom. The van der Waals surface area contributed by atoms with E-state index in [2.05, 4.69) is 10.2 Å². The number of hydrogen-bond acceptors (Lipinski definition) is 5. The van der Waals surface area contributed by atoms with Crippen molar-refractivity contribution in [3.8, 4) is 22.6 Å². The number of rotatable bonds is 3. The number of nitro groups is 1. The molecule has 2 aromatic carbocycles. The summed E-state index contributed by atoms with van der Waals surface area (Å²) < 4.78 is 0.638. The minimum absolute atomic E-state index is 0.0207. The van der Waals surface area contributed by atoms with E-state index in [0.717, 1.165) is 0 Å². The van der Waals surface area contributed by atoms with Crippen molar-refractivity contribution in [3.05, 3.63) is 76.1 Å². The highest BCUT2D eigenvalue weighted by molar-refractivity contribution is 5.60. The van der Waals surface area contributed by atoms with Crippen LogP contribution in [0.2, 0.25) is 0 Å². The number of hydrogen-bond donors (Lipinski definition) is 0. The average Bonchev–Trinajstić information content (AvgIpc) is 2.55. The van der Waals surface area contributed by atoms with E-state index in [-0.39, 0.29) is 11.5 Å². The van der Waals surface area contributed by atoms with Crippen molar-refractivity contribution in [1.29, 1.82) is 0 Å². The molecule has 22 heavy (non-hydrogen) atoms. The molecule has 0 atom stereocenters. The predicted octanol–water partition coefficient (Wildman–Crippen LogP) is 2.35.